The van der Waals surface area contributed by atoms with E-state index in [0.29, 0.717) is 19.8 Å². The molecule has 0 saturated carbocycles. The second-order valence-corrected chi connectivity index (χ2v) is 7.33. The Bertz CT molecular complexity index is 221. The molecule has 0 aliphatic rings. The van der Waals surface area contributed by atoms with Crippen molar-refractivity contribution in [3.05, 3.63) is 0 Å². The Labute approximate surface area is 117 Å². The normalized spacial score (nSPS) is 15.3. The van der Waals surface area contributed by atoms with Crippen molar-refractivity contribution in [2.75, 3.05) is 33.4 Å². The molecule has 0 bridgehead atoms. The lowest BCUT2D eigenvalue weighted by Gasteiger charge is -2.23. The number of rotatable bonds is 10. The van der Waals surface area contributed by atoms with Crippen LogP contribution in [0.25, 0.3) is 0 Å². The number of hydrogen-bond donors (Lipinski definition) is 2. The minimum Gasteiger partial charge on any atom is -0.379 e. The van der Waals surface area contributed by atoms with Crippen molar-refractivity contribution >= 4 is 41.3 Å². The van der Waals surface area contributed by atoms with Crippen LogP contribution in [-0.4, -0.2) is 39.5 Å². The Balaban J connectivity index is 3.66. The smallest absolute Gasteiger partial charge is 0.261 e. The Kier molecular flexibility index (Phi) is 10.9. The van der Waals surface area contributed by atoms with Crippen LogP contribution in [0.15, 0.2) is 0 Å². The summed E-state index contributed by atoms with van der Waals surface area (Å²) in [6, 6.07) is 0. The summed E-state index contributed by atoms with van der Waals surface area (Å²) in [7, 11) is 1.57. The number of halogens is 1. The van der Waals surface area contributed by atoms with Crippen molar-refractivity contribution < 1.29 is 13.8 Å². The van der Waals surface area contributed by atoms with Gasteiger partial charge in [0.2, 0.25) is 0 Å². The molecule has 0 amide bonds. The van der Waals surface area contributed by atoms with E-state index in [0.717, 1.165) is 6.54 Å². The van der Waals surface area contributed by atoms with Gasteiger partial charge in [-0.25, -0.2) is 5.09 Å². The first-order chi connectivity index (χ1) is 7.54. The van der Waals surface area contributed by atoms with Crippen LogP contribution in [0.2, 0.25) is 0 Å². The van der Waals surface area contributed by atoms with Crippen LogP contribution in [0.5, 0.6) is 0 Å². The molecule has 0 aromatic heterocycles. The zero-order chi connectivity index (χ0) is 12.4. The van der Waals surface area contributed by atoms with Gasteiger partial charge in [0.25, 0.3) is 6.64 Å². The highest BCUT2D eigenvalue weighted by atomic mass is 127. The lowest BCUT2D eigenvalue weighted by atomic mass is 10.5. The zero-order valence-electron chi connectivity index (χ0n) is 9.86. The van der Waals surface area contributed by atoms with Crippen molar-refractivity contribution in [2.24, 2.45) is 0 Å². The first kappa shape index (κ1) is 17.2. The van der Waals surface area contributed by atoms with E-state index in [1.807, 2.05) is 13.8 Å². The van der Waals surface area contributed by atoms with E-state index in [2.05, 4.69) is 31.5 Å². The van der Waals surface area contributed by atoms with E-state index in [-0.39, 0.29) is 6.10 Å². The second-order valence-electron chi connectivity index (χ2n) is 3.24. The molecule has 5 nitrogen and oxygen atoms in total. The first-order valence-electron chi connectivity index (χ1n) is 5.04. The lowest BCUT2D eigenvalue weighted by Crippen LogP contribution is -2.22. The molecule has 0 rings (SSSR count). The zero-order valence-corrected chi connectivity index (χ0v) is 13.7. The quantitative estimate of drug-likeness (QED) is 0.260. The van der Waals surface area contributed by atoms with E-state index in [4.69, 9.17) is 25.6 Å². The Hall–Kier alpha value is 1.18. The lowest BCUT2D eigenvalue weighted by molar-refractivity contribution is 0.142. The second kappa shape index (κ2) is 10.1. The maximum Gasteiger partial charge on any atom is 0.261 e. The van der Waals surface area contributed by atoms with Crippen molar-refractivity contribution in [3.63, 3.8) is 0 Å². The summed E-state index contributed by atoms with van der Waals surface area (Å²) in [6.45, 7) is 4.30. The van der Waals surface area contributed by atoms with Gasteiger partial charge in [-0.2, -0.15) is 0 Å². The molecule has 2 N–H and O–H groups in total. The molecule has 0 aliphatic carbocycles. The van der Waals surface area contributed by atoms with E-state index in [1.165, 1.54) is 0 Å². The highest BCUT2D eigenvalue weighted by Crippen LogP contribution is 2.43. The molecule has 0 spiro atoms. The molecule has 1 atom stereocenters. The summed E-state index contributed by atoms with van der Waals surface area (Å²) in [5, 5.41) is 3.09. The molecule has 0 aromatic carbocycles. The number of ether oxygens (including phenoxy) is 1. The molecule has 0 aromatic rings. The maximum atomic E-state index is 5.54. The van der Waals surface area contributed by atoms with Crippen molar-refractivity contribution in [2.45, 2.75) is 20.0 Å². The number of hydrogen-bond acceptors (Lipinski definition) is 5. The molecular weight excluding hydrogens is 362 g/mol. The minimum absolute atomic E-state index is 0.0578. The third kappa shape index (κ3) is 9.23. The third-order valence-corrected chi connectivity index (χ3v) is 4.91. The van der Waals surface area contributed by atoms with Crippen molar-refractivity contribution in [1.82, 2.24) is 8.62 Å². The Morgan fingerprint density at radius 2 is 1.94 bits per heavy atom. The van der Waals surface area contributed by atoms with Crippen LogP contribution in [-0.2, 0) is 25.6 Å². The van der Waals surface area contributed by atoms with Gasteiger partial charge in [-0.1, -0.05) is 0 Å². The van der Waals surface area contributed by atoms with Crippen LogP contribution < -0.4 is 8.62 Å². The highest BCUT2D eigenvalue weighted by Gasteiger charge is 2.17. The topological polar surface area (TPSA) is 51.8 Å². The summed E-state index contributed by atoms with van der Waals surface area (Å²) in [6.07, 6.45) is 0.0578. The van der Waals surface area contributed by atoms with Gasteiger partial charge in [0.05, 0.1) is 19.3 Å². The van der Waals surface area contributed by atoms with Crippen LogP contribution in [0.4, 0.5) is 0 Å². The molecule has 0 fully saturated rings. The molecule has 0 saturated heterocycles. The molecular formula is C8H20IN2O3PS. The van der Waals surface area contributed by atoms with Gasteiger partial charge < -0.3 is 13.8 Å². The summed E-state index contributed by atoms with van der Waals surface area (Å²) in [5.74, 6) is 0. The average molecular weight is 382 g/mol. The highest BCUT2D eigenvalue weighted by molar-refractivity contribution is 14.1. The van der Waals surface area contributed by atoms with Crippen LogP contribution in [0, 0.1) is 0 Å². The predicted molar refractivity (Wildman–Crippen MR) is 78.4 cm³/mol. The Morgan fingerprint density at radius 1 is 1.31 bits per heavy atom. The number of nitrogens with one attached hydrogen (secondary N) is 2. The van der Waals surface area contributed by atoms with Crippen molar-refractivity contribution in [3.8, 4) is 0 Å². The summed E-state index contributed by atoms with van der Waals surface area (Å²) < 4.78 is 19.1. The summed E-state index contributed by atoms with van der Waals surface area (Å²) >= 11 is 7.35. The van der Waals surface area contributed by atoms with E-state index >= 15 is 0 Å². The molecule has 8 heteroatoms. The van der Waals surface area contributed by atoms with E-state index < -0.39 is 6.64 Å². The average Bonchev–Trinajstić information content (AvgIpc) is 2.22. The minimum atomic E-state index is -2.33. The van der Waals surface area contributed by atoms with Crippen LogP contribution in [0.3, 0.4) is 0 Å². The van der Waals surface area contributed by atoms with Gasteiger partial charge in [-0.05, 0) is 25.7 Å². The van der Waals surface area contributed by atoms with Gasteiger partial charge in [0, 0.05) is 43.1 Å². The molecule has 16 heavy (non-hydrogen) atoms. The molecule has 1 unspecified atom stereocenters. The van der Waals surface area contributed by atoms with Crippen LogP contribution in [0.1, 0.15) is 13.8 Å². The summed E-state index contributed by atoms with van der Waals surface area (Å²) in [4.78, 5) is 0. The monoisotopic (exact) mass is 382 g/mol. The predicted octanol–water partition coefficient (Wildman–Crippen LogP) is 1.83. The van der Waals surface area contributed by atoms with Gasteiger partial charge in [0.1, 0.15) is 0 Å². The van der Waals surface area contributed by atoms with Gasteiger partial charge >= 0.3 is 0 Å². The van der Waals surface area contributed by atoms with Crippen LogP contribution >= 0.6 is 29.5 Å². The first-order valence-corrected chi connectivity index (χ1v) is 8.76. The van der Waals surface area contributed by atoms with Gasteiger partial charge in [-0.15, -0.1) is 0 Å². The fraction of sp³-hybridized carbons (Fsp3) is 1.00. The van der Waals surface area contributed by atoms with Crippen molar-refractivity contribution in [1.29, 1.82) is 0 Å². The molecule has 0 heterocycles. The molecule has 0 aliphatic heterocycles. The third-order valence-electron chi connectivity index (χ3n) is 1.48. The Morgan fingerprint density at radius 3 is 2.44 bits per heavy atom. The molecule has 0 radical (unpaired) electrons. The van der Waals surface area contributed by atoms with Gasteiger partial charge in [0.15, 0.2) is 0 Å². The standard InChI is InChI=1S/C8H20IN2O3PS/c1-8(2)14-15(16,12-3)11-5-7-13-6-4-10-9/h8,10H,4-7H2,1-3H3,(H,11,16). The molecule has 98 valence electrons. The fourth-order valence-electron chi connectivity index (χ4n) is 0.890. The van der Waals surface area contributed by atoms with Gasteiger partial charge in [-0.3, -0.25) is 3.53 Å². The largest absolute Gasteiger partial charge is 0.379 e. The maximum absolute atomic E-state index is 5.54. The SMILES string of the molecule is COP(=S)(NCCOCCNI)OC(C)C. The summed E-state index contributed by atoms with van der Waals surface area (Å²) in [5.41, 5.74) is 0. The van der Waals surface area contributed by atoms with E-state index in [9.17, 15) is 0 Å². The van der Waals surface area contributed by atoms with E-state index in [1.54, 1.807) is 7.11 Å². The fourth-order valence-corrected chi connectivity index (χ4v) is 3.11.